The van der Waals surface area contributed by atoms with Crippen LogP contribution in [0.1, 0.15) is 21.7 Å². The molecule has 3 rings (SSSR count). The largest absolute Gasteiger partial charge is 0.478 e. The quantitative estimate of drug-likeness (QED) is 0.318. The molecule has 0 aliphatic rings. The molecule has 1 heterocycles. The van der Waals surface area contributed by atoms with Gasteiger partial charge in [-0.25, -0.2) is 13.2 Å². The third-order valence-electron chi connectivity index (χ3n) is 4.09. The average molecular weight is 451 g/mol. The fraction of sp³-hybridized carbons (Fsp3) is 0.150. The van der Waals surface area contributed by atoms with Gasteiger partial charge < -0.3 is 19.6 Å². The number of nitrogens with one attached hydrogen (secondary N) is 2. The van der Waals surface area contributed by atoms with E-state index in [0.717, 1.165) is 11.6 Å². The summed E-state index contributed by atoms with van der Waals surface area (Å²) in [6, 6.07) is 14.9. The summed E-state index contributed by atoms with van der Waals surface area (Å²) in [6.45, 7) is 0.128. The number of benzene rings is 2. The molecule has 0 fully saturated rings. The number of hydrogen-bond donors (Lipinski definition) is 3. The minimum absolute atomic E-state index is 0.127. The van der Waals surface area contributed by atoms with Gasteiger partial charge in [-0.05, 0) is 29.8 Å². The van der Waals surface area contributed by atoms with Crippen LogP contribution >= 0.6 is 11.6 Å². The number of furan rings is 1. The monoisotopic (exact) mass is 450 g/mol. The van der Waals surface area contributed by atoms with Gasteiger partial charge in [-0.15, -0.1) is 0 Å². The number of aromatic carboxylic acids is 1. The lowest BCUT2D eigenvalue weighted by Crippen LogP contribution is -2.27. The van der Waals surface area contributed by atoms with Crippen LogP contribution in [0.15, 0.2) is 70.2 Å². The van der Waals surface area contributed by atoms with Gasteiger partial charge in [0.2, 0.25) is 10.0 Å². The van der Waals surface area contributed by atoms with Crippen molar-refractivity contribution in [2.24, 2.45) is 0 Å². The normalized spacial score (nSPS) is 11.4. The minimum Gasteiger partial charge on any atom is -0.478 e. The fourth-order valence-electron chi connectivity index (χ4n) is 2.62. The Morgan fingerprint density at radius 1 is 1.13 bits per heavy atom. The average Bonchev–Trinajstić information content (AvgIpc) is 3.24. The summed E-state index contributed by atoms with van der Waals surface area (Å²) in [7, 11) is -4.09. The zero-order chi connectivity index (χ0) is 21.6. The van der Waals surface area contributed by atoms with E-state index in [1.165, 1.54) is 12.3 Å². The highest BCUT2D eigenvalue weighted by atomic mass is 35.5. The van der Waals surface area contributed by atoms with Gasteiger partial charge in [-0.1, -0.05) is 41.9 Å². The van der Waals surface area contributed by atoms with Gasteiger partial charge in [0.1, 0.15) is 17.4 Å². The molecule has 30 heavy (non-hydrogen) atoms. The van der Waals surface area contributed by atoms with Crippen molar-refractivity contribution in [3.8, 4) is 0 Å². The molecular weight excluding hydrogens is 432 g/mol. The molecule has 0 aliphatic carbocycles. The van der Waals surface area contributed by atoms with E-state index in [4.69, 9.17) is 20.8 Å². The van der Waals surface area contributed by atoms with Crippen LogP contribution in [-0.4, -0.2) is 26.2 Å². The molecule has 2 aromatic carbocycles. The van der Waals surface area contributed by atoms with E-state index in [0.29, 0.717) is 5.76 Å². The van der Waals surface area contributed by atoms with Crippen molar-refractivity contribution >= 4 is 33.3 Å². The van der Waals surface area contributed by atoms with E-state index >= 15 is 0 Å². The number of carboxylic acids is 1. The molecule has 0 aliphatic heterocycles. The lowest BCUT2D eigenvalue weighted by molar-refractivity contribution is 0.0697. The molecule has 0 amide bonds. The fourth-order valence-corrected chi connectivity index (χ4v) is 4.07. The second kappa shape index (κ2) is 9.77. The molecule has 3 N–H and O–H groups in total. The van der Waals surface area contributed by atoms with E-state index in [1.807, 2.05) is 30.3 Å². The maximum atomic E-state index is 12.6. The van der Waals surface area contributed by atoms with Crippen LogP contribution in [0.2, 0.25) is 5.02 Å². The van der Waals surface area contributed by atoms with Crippen LogP contribution in [0.4, 0.5) is 5.69 Å². The SMILES string of the molecule is O=C(O)c1cc(S(=O)(=O)NCOCc2ccccc2)c(Cl)cc1NCc1ccco1. The number of halogens is 1. The molecule has 0 saturated carbocycles. The summed E-state index contributed by atoms with van der Waals surface area (Å²) in [4.78, 5) is 11.3. The van der Waals surface area contributed by atoms with Gasteiger partial charge in [0.25, 0.3) is 0 Å². The van der Waals surface area contributed by atoms with Crippen molar-refractivity contribution in [3.05, 3.63) is 82.8 Å². The number of carbonyl (C=O) groups is 1. The first-order valence-electron chi connectivity index (χ1n) is 8.81. The Morgan fingerprint density at radius 3 is 2.57 bits per heavy atom. The van der Waals surface area contributed by atoms with Crippen molar-refractivity contribution in [2.45, 2.75) is 18.0 Å². The molecule has 0 atom stereocenters. The molecule has 8 nitrogen and oxygen atoms in total. The number of carboxylic acid groups (broad SMARTS) is 1. The first-order valence-corrected chi connectivity index (χ1v) is 10.7. The third kappa shape index (κ3) is 5.61. The molecule has 0 bridgehead atoms. The molecule has 0 radical (unpaired) electrons. The van der Waals surface area contributed by atoms with Crippen molar-refractivity contribution in [2.75, 3.05) is 12.0 Å². The van der Waals surface area contributed by atoms with Crippen LogP contribution in [0.5, 0.6) is 0 Å². The van der Waals surface area contributed by atoms with Crippen molar-refractivity contribution < 1.29 is 27.5 Å². The van der Waals surface area contributed by atoms with E-state index in [-0.39, 0.29) is 41.1 Å². The maximum Gasteiger partial charge on any atom is 0.337 e. The molecule has 1 aromatic heterocycles. The summed E-state index contributed by atoms with van der Waals surface area (Å²) >= 11 is 6.14. The number of sulfonamides is 1. The standard InChI is InChI=1S/C20H19ClN2O6S/c21-17-10-18(22-11-15-7-4-8-29-15)16(20(24)25)9-19(17)30(26,27)23-13-28-12-14-5-2-1-3-6-14/h1-10,22-23H,11-13H2,(H,24,25). The van der Waals surface area contributed by atoms with Crippen LogP contribution < -0.4 is 10.0 Å². The summed E-state index contributed by atoms with van der Waals surface area (Å²) in [6.07, 6.45) is 1.49. The highest BCUT2D eigenvalue weighted by Gasteiger charge is 2.23. The van der Waals surface area contributed by atoms with Crippen molar-refractivity contribution in [3.63, 3.8) is 0 Å². The Balaban J connectivity index is 1.71. The molecule has 3 aromatic rings. The van der Waals surface area contributed by atoms with Gasteiger partial charge in [0.05, 0.1) is 35.7 Å². The topological polar surface area (TPSA) is 118 Å². The molecule has 0 spiro atoms. The van der Waals surface area contributed by atoms with Crippen LogP contribution in [-0.2, 0) is 27.9 Å². The lowest BCUT2D eigenvalue weighted by Gasteiger charge is -2.14. The molecule has 0 unspecified atom stereocenters. The Kier molecular flexibility index (Phi) is 7.11. The van der Waals surface area contributed by atoms with Crippen molar-refractivity contribution in [1.29, 1.82) is 0 Å². The van der Waals surface area contributed by atoms with Gasteiger partial charge in [0, 0.05) is 0 Å². The van der Waals surface area contributed by atoms with Gasteiger partial charge >= 0.3 is 5.97 Å². The Hall–Kier alpha value is -2.85. The lowest BCUT2D eigenvalue weighted by atomic mass is 10.1. The van der Waals surface area contributed by atoms with E-state index < -0.39 is 16.0 Å². The van der Waals surface area contributed by atoms with E-state index in [1.54, 1.807) is 12.1 Å². The molecular formula is C20H19ClN2O6S. The number of rotatable bonds is 10. The van der Waals surface area contributed by atoms with Gasteiger partial charge in [0.15, 0.2) is 0 Å². The molecule has 0 saturated heterocycles. The summed E-state index contributed by atoms with van der Waals surface area (Å²) < 4.78 is 38.0. The number of ether oxygens (including phenoxy) is 1. The van der Waals surface area contributed by atoms with Gasteiger partial charge in [-0.2, -0.15) is 4.72 Å². The predicted molar refractivity (Wildman–Crippen MR) is 111 cm³/mol. The Morgan fingerprint density at radius 2 is 1.90 bits per heavy atom. The van der Waals surface area contributed by atoms with Crippen LogP contribution in [0.25, 0.3) is 0 Å². The molecule has 10 heteroatoms. The van der Waals surface area contributed by atoms with Crippen LogP contribution in [0, 0.1) is 0 Å². The zero-order valence-corrected chi connectivity index (χ0v) is 17.2. The van der Waals surface area contributed by atoms with E-state index in [9.17, 15) is 18.3 Å². The Labute approximate surface area is 178 Å². The van der Waals surface area contributed by atoms with E-state index in [2.05, 4.69) is 10.0 Å². The summed E-state index contributed by atoms with van der Waals surface area (Å²) in [5.41, 5.74) is 0.814. The molecule has 158 valence electrons. The zero-order valence-electron chi connectivity index (χ0n) is 15.7. The number of anilines is 1. The highest BCUT2D eigenvalue weighted by Crippen LogP contribution is 2.29. The van der Waals surface area contributed by atoms with Crippen molar-refractivity contribution in [1.82, 2.24) is 4.72 Å². The highest BCUT2D eigenvalue weighted by molar-refractivity contribution is 7.89. The van der Waals surface area contributed by atoms with Crippen LogP contribution in [0.3, 0.4) is 0 Å². The maximum absolute atomic E-state index is 12.6. The summed E-state index contributed by atoms with van der Waals surface area (Å²) in [5, 5.41) is 12.3. The third-order valence-corrected chi connectivity index (χ3v) is 5.93. The first-order chi connectivity index (χ1) is 14.4. The number of hydrogen-bond acceptors (Lipinski definition) is 6. The second-order valence-electron chi connectivity index (χ2n) is 6.19. The minimum atomic E-state index is -4.09. The summed E-state index contributed by atoms with van der Waals surface area (Å²) in [5.74, 6) is -0.721. The predicted octanol–water partition coefficient (Wildman–Crippen LogP) is 3.70. The smallest absolute Gasteiger partial charge is 0.337 e. The van der Waals surface area contributed by atoms with Gasteiger partial charge in [-0.3, -0.25) is 0 Å². The second-order valence-corrected chi connectivity index (χ2v) is 8.34. The Bertz CT molecular complexity index is 1100. The first kappa shape index (κ1) is 21.8.